The van der Waals surface area contributed by atoms with Crippen molar-refractivity contribution in [2.45, 2.75) is 82.3 Å². The Labute approximate surface area is 117 Å². The van der Waals surface area contributed by atoms with E-state index in [0.717, 1.165) is 25.2 Å². The topological polar surface area (TPSA) is 55.5 Å². The summed E-state index contributed by atoms with van der Waals surface area (Å²) in [6, 6.07) is 0. The van der Waals surface area contributed by atoms with Gasteiger partial charge in [0.05, 0.1) is 19.3 Å². The van der Waals surface area contributed by atoms with Crippen LogP contribution in [0.4, 0.5) is 0 Å². The molecule has 0 aromatic heterocycles. The summed E-state index contributed by atoms with van der Waals surface area (Å²) in [7, 11) is 0. The van der Waals surface area contributed by atoms with E-state index in [1.54, 1.807) is 0 Å². The maximum atomic E-state index is 10.0. The molecule has 2 saturated carbocycles. The van der Waals surface area contributed by atoms with E-state index < -0.39 is 0 Å². The summed E-state index contributed by atoms with van der Waals surface area (Å²) in [5.41, 5.74) is 6.27. The van der Waals surface area contributed by atoms with Crippen molar-refractivity contribution in [3.05, 3.63) is 0 Å². The first-order valence-corrected chi connectivity index (χ1v) is 8.23. The minimum atomic E-state index is -0.294. The van der Waals surface area contributed by atoms with Crippen LogP contribution in [-0.4, -0.2) is 30.0 Å². The molecule has 0 heterocycles. The van der Waals surface area contributed by atoms with E-state index in [1.807, 2.05) is 0 Å². The van der Waals surface area contributed by atoms with Gasteiger partial charge in [-0.05, 0) is 25.2 Å². The lowest BCUT2D eigenvalue weighted by molar-refractivity contribution is 0.00249. The zero-order valence-electron chi connectivity index (χ0n) is 12.3. The lowest BCUT2D eigenvalue weighted by Crippen LogP contribution is -2.44. The van der Waals surface area contributed by atoms with Crippen LogP contribution in [0, 0.1) is 5.92 Å². The van der Waals surface area contributed by atoms with Crippen molar-refractivity contribution in [3.63, 3.8) is 0 Å². The molecular weight excluding hydrogens is 238 g/mol. The molecule has 3 nitrogen and oxygen atoms in total. The summed E-state index contributed by atoms with van der Waals surface area (Å²) < 4.78 is 5.73. The van der Waals surface area contributed by atoms with Gasteiger partial charge in [-0.1, -0.05) is 51.4 Å². The van der Waals surface area contributed by atoms with Gasteiger partial charge < -0.3 is 15.6 Å². The van der Waals surface area contributed by atoms with Gasteiger partial charge in [-0.3, -0.25) is 0 Å². The van der Waals surface area contributed by atoms with Gasteiger partial charge in [-0.15, -0.1) is 0 Å². The first-order valence-electron chi connectivity index (χ1n) is 8.23. The number of ether oxygens (including phenoxy) is 1. The molecule has 0 spiro atoms. The molecule has 0 amide bonds. The van der Waals surface area contributed by atoms with Gasteiger partial charge in [-0.2, -0.15) is 0 Å². The van der Waals surface area contributed by atoms with Crippen LogP contribution < -0.4 is 5.73 Å². The highest BCUT2D eigenvalue weighted by molar-refractivity contribution is 4.86. The lowest BCUT2D eigenvalue weighted by Gasteiger charge is -2.28. The highest BCUT2D eigenvalue weighted by Gasteiger charge is 2.27. The lowest BCUT2D eigenvalue weighted by atomic mass is 9.92. The first kappa shape index (κ1) is 15.3. The van der Waals surface area contributed by atoms with E-state index in [9.17, 15) is 5.11 Å². The fourth-order valence-electron chi connectivity index (χ4n) is 3.67. The third-order valence-corrected chi connectivity index (χ3v) is 4.88. The van der Waals surface area contributed by atoms with E-state index in [0.29, 0.717) is 13.2 Å². The van der Waals surface area contributed by atoms with Crippen LogP contribution >= 0.6 is 0 Å². The fraction of sp³-hybridized carbons (Fsp3) is 1.00. The molecule has 0 bridgehead atoms. The number of hydrogen-bond acceptors (Lipinski definition) is 3. The molecule has 1 atom stereocenters. The molecule has 2 fully saturated rings. The van der Waals surface area contributed by atoms with Crippen LogP contribution in [0.1, 0.15) is 70.6 Å². The molecule has 0 radical (unpaired) electrons. The third kappa shape index (κ3) is 5.41. The van der Waals surface area contributed by atoms with Crippen molar-refractivity contribution in [1.82, 2.24) is 0 Å². The molecule has 0 aromatic rings. The Hall–Kier alpha value is -0.120. The van der Waals surface area contributed by atoms with Crippen molar-refractivity contribution in [3.8, 4) is 0 Å². The second-order valence-electron chi connectivity index (χ2n) is 6.83. The minimum Gasteiger partial charge on any atom is -0.391 e. The summed E-state index contributed by atoms with van der Waals surface area (Å²) in [4.78, 5) is 0. The maximum absolute atomic E-state index is 10.0. The van der Waals surface area contributed by atoms with Gasteiger partial charge in [0.15, 0.2) is 0 Å². The van der Waals surface area contributed by atoms with Gasteiger partial charge in [-0.25, -0.2) is 0 Å². The van der Waals surface area contributed by atoms with E-state index in [1.165, 1.54) is 51.4 Å². The van der Waals surface area contributed by atoms with Crippen molar-refractivity contribution < 1.29 is 9.84 Å². The molecule has 0 aromatic carbocycles. The Morgan fingerprint density at radius 3 is 2.32 bits per heavy atom. The highest BCUT2D eigenvalue weighted by Crippen LogP contribution is 2.29. The predicted octanol–water partition coefficient (Wildman–Crippen LogP) is 3.00. The van der Waals surface area contributed by atoms with Crippen molar-refractivity contribution in [1.29, 1.82) is 0 Å². The zero-order valence-corrected chi connectivity index (χ0v) is 12.3. The summed E-state index contributed by atoms with van der Waals surface area (Å²) in [5.74, 6) is 0.725. The monoisotopic (exact) mass is 269 g/mol. The molecular formula is C16H31NO2. The van der Waals surface area contributed by atoms with Crippen molar-refractivity contribution >= 4 is 0 Å². The van der Waals surface area contributed by atoms with Crippen LogP contribution in [0.25, 0.3) is 0 Å². The Bertz CT molecular complexity index is 243. The van der Waals surface area contributed by atoms with Gasteiger partial charge in [0.2, 0.25) is 0 Å². The molecule has 0 saturated heterocycles. The summed E-state index contributed by atoms with van der Waals surface area (Å²) in [6.07, 6.45) is 13.1. The van der Waals surface area contributed by atoms with Gasteiger partial charge in [0.25, 0.3) is 0 Å². The number of nitrogens with two attached hydrogens (primary N) is 1. The van der Waals surface area contributed by atoms with E-state index >= 15 is 0 Å². The molecule has 1 unspecified atom stereocenters. The molecule has 2 rings (SSSR count). The summed E-state index contributed by atoms with van der Waals surface area (Å²) in [5, 5.41) is 10.0. The molecule has 19 heavy (non-hydrogen) atoms. The standard InChI is InChI=1S/C16H31NO2/c17-16(9-5-1-2-6-10-16)13-19-12-15(18)11-14-7-3-4-8-14/h14-15,18H,1-13,17H2. The molecule has 3 N–H and O–H groups in total. The highest BCUT2D eigenvalue weighted by atomic mass is 16.5. The van der Waals surface area contributed by atoms with Crippen LogP contribution in [0.5, 0.6) is 0 Å². The van der Waals surface area contributed by atoms with Crippen LogP contribution in [0.2, 0.25) is 0 Å². The average Bonchev–Trinajstić information content (AvgIpc) is 2.77. The first-order chi connectivity index (χ1) is 9.18. The van der Waals surface area contributed by atoms with E-state index in [2.05, 4.69) is 0 Å². The quantitative estimate of drug-likeness (QED) is 0.729. The number of aliphatic hydroxyl groups is 1. The largest absolute Gasteiger partial charge is 0.391 e. The van der Waals surface area contributed by atoms with Gasteiger partial charge in [0, 0.05) is 5.54 Å². The second-order valence-corrected chi connectivity index (χ2v) is 6.83. The number of aliphatic hydroxyl groups excluding tert-OH is 1. The maximum Gasteiger partial charge on any atom is 0.0776 e. The molecule has 2 aliphatic rings. The fourth-order valence-corrected chi connectivity index (χ4v) is 3.67. The minimum absolute atomic E-state index is 0.135. The second kappa shape index (κ2) is 7.61. The van der Waals surface area contributed by atoms with E-state index in [-0.39, 0.29) is 11.6 Å². The SMILES string of the molecule is NC1(COCC(O)CC2CCCC2)CCCCCC1. The predicted molar refractivity (Wildman–Crippen MR) is 78.0 cm³/mol. The number of hydrogen-bond donors (Lipinski definition) is 2. The Balaban J connectivity index is 1.61. The van der Waals surface area contributed by atoms with Crippen LogP contribution in [0.15, 0.2) is 0 Å². The van der Waals surface area contributed by atoms with Gasteiger partial charge in [0.1, 0.15) is 0 Å². The summed E-state index contributed by atoms with van der Waals surface area (Å²) >= 11 is 0. The molecule has 0 aliphatic heterocycles. The van der Waals surface area contributed by atoms with E-state index in [4.69, 9.17) is 10.5 Å². The van der Waals surface area contributed by atoms with Crippen LogP contribution in [-0.2, 0) is 4.74 Å². The van der Waals surface area contributed by atoms with Crippen molar-refractivity contribution in [2.75, 3.05) is 13.2 Å². The average molecular weight is 269 g/mol. The summed E-state index contributed by atoms with van der Waals surface area (Å²) in [6.45, 7) is 1.09. The Morgan fingerprint density at radius 1 is 1.05 bits per heavy atom. The zero-order chi connectivity index (χ0) is 13.6. The van der Waals surface area contributed by atoms with Crippen molar-refractivity contribution in [2.24, 2.45) is 11.7 Å². The molecule has 112 valence electrons. The number of rotatable bonds is 6. The molecule has 2 aliphatic carbocycles. The van der Waals surface area contributed by atoms with Gasteiger partial charge >= 0.3 is 0 Å². The smallest absolute Gasteiger partial charge is 0.0776 e. The molecule has 3 heteroatoms. The third-order valence-electron chi connectivity index (χ3n) is 4.88. The van der Waals surface area contributed by atoms with Crippen LogP contribution in [0.3, 0.4) is 0 Å². The Kier molecular flexibility index (Phi) is 6.11. The normalized spacial score (nSPS) is 26.2. The Morgan fingerprint density at radius 2 is 1.68 bits per heavy atom.